The topological polar surface area (TPSA) is 127 Å². The Morgan fingerprint density at radius 1 is 1.08 bits per heavy atom. The van der Waals surface area contributed by atoms with Crippen molar-refractivity contribution in [1.82, 2.24) is 15.2 Å². The van der Waals surface area contributed by atoms with E-state index in [1.807, 2.05) is 42.5 Å². The number of nitrogens with one attached hydrogen (secondary N) is 2. The zero-order valence-corrected chi connectivity index (χ0v) is 20.6. The summed E-state index contributed by atoms with van der Waals surface area (Å²) < 4.78 is 5.38. The number of rotatable bonds is 8. The Bertz CT molecular complexity index is 1160. The van der Waals surface area contributed by atoms with E-state index in [0.717, 1.165) is 11.1 Å². The first-order valence-electron chi connectivity index (χ1n) is 11.8. The lowest BCUT2D eigenvalue weighted by atomic mass is 9.88. The molecule has 1 fully saturated rings. The van der Waals surface area contributed by atoms with Crippen molar-refractivity contribution in [3.05, 3.63) is 82.3 Å². The van der Waals surface area contributed by atoms with E-state index in [0.29, 0.717) is 43.9 Å². The number of carbonyl (C=O) groups is 3. The Morgan fingerprint density at radius 3 is 2.53 bits per heavy atom. The maximum absolute atomic E-state index is 13.3. The zero-order valence-electron chi connectivity index (χ0n) is 19.8. The van der Waals surface area contributed by atoms with Gasteiger partial charge >= 0.3 is 6.09 Å². The van der Waals surface area contributed by atoms with Crippen molar-refractivity contribution in [2.75, 3.05) is 18.4 Å². The predicted molar refractivity (Wildman–Crippen MR) is 137 cm³/mol. The van der Waals surface area contributed by atoms with E-state index in [2.05, 4.69) is 15.6 Å². The summed E-state index contributed by atoms with van der Waals surface area (Å²) in [6.45, 7) is 1.38. The summed E-state index contributed by atoms with van der Waals surface area (Å²) in [7, 11) is 0. The summed E-state index contributed by atoms with van der Waals surface area (Å²) in [6, 6.07) is 15.8. The first-order chi connectivity index (χ1) is 17.5. The van der Waals surface area contributed by atoms with Crippen LogP contribution in [-0.2, 0) is 22.7 Å². The van der Waals surface area contributed by atoms with Crippen LogP contribution in [0.1, 0.15) is 34.5 Å². The van der Waals surface area contributed by atoms with Crippen LogP contribution in [0.3, 0.4) is 0 Å². The number of carbonyl (C=O) groups excluding carboxylic acids is 3. The molecule has 1 aromatic heterocycles. The van der Waals surface area contributed by atoms with E-state index < -0.39 is 12.1 Å². The molecule has 188 valence electrons. The van der Waals surface area contributed by atoms with Crippen LogP contribution in [0.2, 0.25) is 0 Å². The van der Waals surface area contributed by atoms with Crippen LogP contribution in [0.25, 0.3) is 0 Å². The number of aromatic nitrogens is 1. The van der Waals surface area contributed by atoms with Crippen LogP contribution in [0.4, 0.5) is 10.5 Å². The second-order valence-corrected chi connectivity index (χ2v) is 9.30. The molecule has 0 saturated carbocycles. The van der Waals surface area contributed by atoms with Crippen molar-refractivity contribution in [3.8, 4) is 0 Å². The van der Waals surface area contributed by atoms with E-state index in [9.17, 15) is 14.4 Å². The number of thiazole rings is 1. The molecule has 10 heteroatoms. The van der Waals surface area contributed by atoms with Crippen molar-refractivity contribution in [3.63, 3.8) is 0 Å². The van der Waals surface area contributed by atoms with Crippen LogP contribution in [-0.4, -0.2) is 46.9 Å². The van der Waals surface area contributed by atoms with Gasteiger partial charge in [-0.1, -0.05) is 42.5 Å². The Kier molecular flexibility index (Phi) is 8.64. The number of anilines is 1. The number of amides is 3. The normalized spacial score (nSPS) is 14.6. The minimum absolute atomic E-state index is 0.0974. The van der Waals surface area contributed by atoms with Crippen molar-refractivity contribution in [2.45, 2.75) is 32.0 Å². The summed E-state index contributed by atoms with van der Waals surface area (Å²) in [6.07, 6.45) is 0.432. The first-order valence-corrected chi connectivity index (χ1v) is 12.7. The number of benzene rings is 2. The van der Waals surface area contributed by atoms with Crippen molar-refractivity contribution < 1.29 is 19.1 Å². The quantitative estimate of drug-likeness (QED) is 0.429. The van der Waals surface area contributed by atoms with Crippen molar-refractivity contribution in [1.29, 1.82) is 0 Å². The molecule has 2 aromatic carbocycles. The Hall–Kier alpha value is -3.76. The molecule has 1 aliphatic rings. The van der Waals surface area contributed by atoms with Gasteiger partial charge in [0.1, 0.15) is 18.3 Å². The Labute approximate surface area is 213 Å². The lowest BCUT2D eigenvalue weighted by molar-refractivity contribution is -0.119. The number of ether oxygens (including phenoxy) is 1. The maximum Gasteiger partial charge on any atom is 0.408 e. The average molecular weight is 508 g/mol. The molecular weight excluding hydrogens is 478 g/mol. The van der Waals surface area contributed by atoms with Crippen LogP contribution >= 0.6 is 11.3 Å². The molecule has 36 heavy (non-hydrogen) atoms. The second-order valence-electron chi connectivity index (χ2n) is 8.58. The van der Waals surface area contributed by atoms with E-state index in [-0.39, 0.29) is 24.3 Å². The smallest absolute Gasteiger partial charge is 0.408 e. The van der Waals surface area contributed by atoms with Crippen LogP contribution < -0.4 is 16.4 Å². The summed E-state index contributed by atoms with van der Waals surface area (Å²) in [5.74, 6) is -0.638. The highest BCUT2D eigenvalue weighted by atomic mass is 32.1. The van der Waals surface area contributed by atoms with Gasteiger partial charge in [0.15, 0.2) is 0 Å². The number of likely N-dealkylation sites (tertiary alicyclic amines) is 1. The van der Waals surface area contributed by atoms with Gasteiger partial charge in [0.2, 0.25) is 5.91 Å². The molecule has 2 heterocycles. The van der Waals surface area contributed by atoms with Gasteiger partial charge in [0.25, 0.3) is 5.91 Å². The molecule has 3 aromatic rings. The van der Waals surface area contributed by atoms with Gasteiger partial charge in [-0.15, -0.1) is 11.3 Å². The number of nitrogens with zero attached hydrogens (tertiary/aromatic N) is 2. The molecule has 0 aliphatic carbocycles. The average Bonchev–Trinajstić information content (AvgIpc) is 3.46. The maximum atomic E-state index is 13.3. The zero-order chi connectivity index (χ0) is 25.3. The standard InChI is InChI=1S/C26H29N5O4S/c27-14-19-7-4-8-21(13-19)29-24(32)23(30-26(34)35-15-18-5-2-1-3-6-18)20-9-11-31(12-10-20)25(33)22-16-36-17-28-22/h1-8,13,16-17,20,23H,9-12,14-15,27H2,(H,29,32)(H,30,34)/t23-/m0/s1. The van der Waals surface area contributed by atoms with Gasteiger partial charge in [0, 0.05) is 30.7 Å². The van der Waals surface area contributed by atoms with Crippen LogP contribution in [0, 0.1) is 5.92 Å². The third kappa shape index (κ3) is 6.67. The number of piperidine rings is 1. The highest BCUT2D eigenvalue weighted by Gasteiger charge is 2.34. The molecular formula is C26H29N5O4S. The number of nitrogens with two attached hydrogens (primary N) is 1. The SMILES string of the molecule is NCc1cccc(NC(=O)[C@@H](NC(=O)OCc2ccccc2)C2CCN(C(=O)c3cscn3)CC2)c1. The third-order valence-electron chi connectivity index (χ3n) is 6.15. The van der Waals surface area contributed by atoms with Gasteiger partial charge < -0.3 is 26.0 Å². The predicted octanol–water partition coefficient (Wildman–Crippen LogP) is 3.39. The van der Waals surface area contributed by atoms with Gasteiger partial charge in [-0.05, 0) is 42.0 Å². The van der Waals surface area contributed by atoms with Crippen LogP contribution in [0.5, 0.6) is 0 Å². The molecule has 0 unspecified atom stereocenters. The molecule has 9 nitrogen and oxygen atoms in total. The number of hydrogen-bond acceptors (Lipinski definition) is 7. The van der Waals surface area contributed by atoms with Gasteiger partial charge in [-0.25, -0.2) is 9.78 Å². The fourth-order valence-corrected chi connectivity index (χ4v) is 4.73. The Morgan fingerprint density at radius 2 is 1.83 bits per heavy atom. The van der Waals surface area contributed by atoms with Crippen molar-refractivity contribution in [2.24, 2.45) is 11.7 Å². The summed E-state index contributed by atoms with van der Waals surface area (Å²) in [5.41, 5.74) is 10.1. The van der Waals surface area contributed by atoms with Gasteiger partial charge in [0.05, 0.1) is 5.51 Å². The van der Waals surface area contributed by atoms with E-state index in [4.69, 9.17) is 10.5 Å². The van der Waals surface area contributed by atoms with Gasteiger partial charge in [-0.2, -0.15) is 0 Å². The minimum atomic E-state index is -0.827. The van der Waals surface area contributed by atoms with E-state index in [1.165, 1.54) is 11.3 Å². The van der Waals surface area contributed by atoms with Crippen LogP contribution in [0.15, 0.2) is 65.5 Å². The van der Waals surface area contributed by atoms with E-state index >= 15 is 0 Å². The molecule has 0 spiro atoms. The second kappa shape index (κ2) is 12.3. The van der Waals surface area contributed by atoms with Crippen molar-refractivity contribution >= 4 is 34.9 Å². The molecule has 1 atom stereocenters. The minimum Gasteiger partial charge on any atom is -0.445 e. The molecule has 4 N–H and O–H groups in total. The monoisotopic (exact) mass is 507 g/mol. The molecule has 0 radical (unpaired) electrons. The summed E-state index contributed by atoms with van der Waals surface area (Å²) in [5, 5.41) is 7.39. The fourth-order valence-electron chi connectivity index (χ4n) is 4.20. The largest absolute Gasteiger partial charge is 0.445 e. The van der Waals surface area contributed by atoms with E-state index in [1.54, 1.807) is 27.9 Å². The lowest BCUT2D eigenvalue weighted by Crippen LogP contribution is -2.52. The summed E-state index contributed by atoms with van der Waals surface area (Å²) in [4.78, 5) is 44.5. The molecule has 4 rings (SSSR count). The molecule has 0 bridgehead atoms. The fraction of sp³-hybridized carbons (Fsp3) is 0.308. The highest BCUT2D eigenvalue weighted by molar-refractivity contribution is 7.07. The highest BCUT2D eigenvalue weighted by Crippen LogP contribution is 2.24. The Balaban J connectivity index is 1.42. The molecule has 3 amide bonds. The molecule has 1 saturated heterocycles. The first kappa shape index (κ1) is 25.3. The number of alkyl carbamates (subject to hydrolysis) is 1. The number of hydrogen-bond donors (Lipinski definition) is 3. The third-order valence-corrected chi connectivity index (χ3v) is 6.73. The lowest BCUT2D eigenvalue weighted by Gasteiger charge is -2.35. The molecule has 1 aliphatic heterocycles. The van der Waals surface area contributed by atoms with Gasteiger partial charge in [-0.3, -0.25) is 9.59 Å². The summed E-state index contributed by atoms with van der Waals surface area (Å²) >= 11 is 1.37.